The van der Waals surface area contributed by atoms with Gasteiger partial charge in [-0.25, -0.2) is 4.68 Å². The highest BCUT2D eigenvalue weighted by Gasteiger charge is 2.35. The van der Waals surface area contributed by atoms with E-state index in [1.807, 2.05) is 24.3 Å². The fraction of sp³-hybridized carbons (Fsp3) is 0.261. The van der Waals surface area contributed by atoms with Gasteiger partial charge in [0.1, 0.15) is 5.75 Å². The Balaban J connectivity index is 1.62. The highest BCUT2D eigenvalue weighted by Crippen LogP contribution is 2.33. The molecule has 2 heterocycles. The number of hydrogen-bond acceptors (Lipinski definition) is 3. The zero-order valence-corrected chi connectivity index (χ0v) is 16.6. The van der Waals surface area contributed by atoms with Gasteiger partial charge in [-0.1, -0.05) is 36.4 Å². The third-order valence-electron chi connectivity index (χ3n) is 5.19. The molecule has 0 amide bonds. The van der Waals surface area contributed by atoms with E-state index in [1.54, 1.807) is 31.4 Å². The average molecular weight is 413 g/mol. The molecule has 0 unspecified atom stereocenters. The lowest BCUT2D eigenvalue weighted by Gasteiger charge is -2.26. The molecule has 7 heteroatoms. The number of aromatic nitrogens is 2. The Morgan fingerprint density at radius 2 is 1.77 bits per heavy atom. The Bertz CT molecular complexity index is 1020. The van der Waals surface area contributed by atoms with Crippen LogP contribution in [0.5, 0.6) is 5.75 Å². The maximum Gasteiger partial charge on any atom is 0.435 e. The summed E-state index contributed by atoms with van der Waals surface area (Å²) in [6.07, 6.45) is -1.84. The number of halogens is 3. The summed E-state index contributed by atoms with van der Waals surface area (Å²) in [6, 6.07) is 18.1. The highest BCUT2D eigenvalue weighted by atomic mass is 19.4. The van der Waals surface area contributed by atoms with Crippen LogP contribution >= 0.6 is 0 Å². The molecule has 2 aromatic carbocycles. The van der Waals surface area contributed by atoms with Crippen molar-refractivity contribution in [1.29, 1.82) is 0 Å². The van der Waals surface area contributed by atoms with Crippen LogP contribution < -0.4 is 4.74 Å². The van der Waals surface area contributed by atoms with Crippen molar-refractivity contribution in [3.8, 4) is 11.4 Å². The maximum absolute atomic E-state index is 13.4. The minimum absolute atomic E-state index is 0.479. The van der Waals surface area contributed by atoms with Crippen LogP contribution in [0.4, 0.5) is 13.2 Å². The summed E-state index contributed by atoms with van der Waals surface area (Å²) in [5, 5.41) is 3.87. The van der Waals surface area contributed by atoms with Gasteiger partial charge in [0, 0.05) is 19.6 Å². The first kappa shape index (κ1) is 20.2. The number of alkyl halides is 3. The van der Waals surface area contributed by atoms with Crippen LogP contribution in [0.2, 0.25) is 0 Å². The molecule has 0 atom stereocenters. The zero-order valence-electron chi connectivity index (χ0n) is 16.6. The first-order valence-electron chi connectivity index (χ1n) is 9.71. The molecular formula is C23H22F3N3O. The van der Waals surface area contributed by atoms with E-state index in [1.165, 1.54) is 10.2 Å². The predicted molar refractivity (Wildman–Crippen MR) is 109 cm³/mol. The molecule has 0 radical (unpaired) electrons. The lowest BCUT2D eigenvalue weighted by atomic mass is 10.0. The van der Waals surface area contributed by atoms with Crippen molar-refractivity contribution >= 4 is 5.57 Å². The van der Waals surface area contributed by atoms with Crippen molar-refractivity contribution in [2.75, 3.05) is 20.2 Å². The van der Waals surface area contributed by atoms with E-state index in [9.17, 15) is 13.2 Å². The summed E-state index contributed by atoms with van der Waals surface area (Å²) in [6.45, 7) is 2.27. The van der Waals surface area contributed by atoms with Crippen molar-refractivity contribution in [3.05, 3.63) is 83.7 Å². The molecule has 0 fully saturated rings. The number of benzene rings is 2. The molecule has 4 nitrogen and oxygen atoms in total. The summed E-state index contributed by atoms with van der Waals surface area (Å²) in [5.41, 5.74) is 2.25. The number of hydrogen-bond donors (Lipinski definition) is 0. The van der Waals surface area contributed by atoms with E-state index in [0.717, 1.165) is 24.7 Å². The van der Waals surface area contributed by atoms with Gasteiger partial charge in [-0.2, -0.15) is 18.3 Å². The molecule has 0 N–H and O–H groups in total. The smallest absolute Gasteiger partial charge is 0.435 e. The fourth-order valence-corrected chi connectivity index (χ4v) is 3.60. The van der Waals surface area contributed by atoms with Crippen molar-refractivity contribution in [3.63, 3.8) is 0 Å². The number of nitrogens with zero attached hydrogens (tertiary/aromatic N) is 3. The Morgan fingerprint density at radius 3 is 2.37 bits per heavy atom. The normalized spacial score (nSPS) is 15.1. The monoisotopic (exact) mass is 413 g/mol. The molecule has 156 valence electrons. The molecule has 1 aromatic heterocycles. The molecule has 0 bridgehead atoms. The first-order valence-corrected chi connectivity index (χ1v) is 9.71. The largest absolute Gasteiger partial charge is 0.497 e. The minimum Gasteiger partial charge on any atom is -0.497 e. The van der Waals surface area contributed by atoms with E-state index >= 15 is 0 Å². The van der Waals surface area contributed by atoms with E-state index in [4.69, 9.17) is 4.74 Å². The molecule has 1 aliphatic rings. The Labute approximate surface area is 173 Å². The van der Waals surface area contributed by atoms with Crippen LogP contribution in [0.25, 0.3) is 11.3 Å². The Hall–Kier alpha value is -3.06. The lowest BCUT2D eigenvalue weighted by Crippen LogP contribution is -2.28. The Morgan fingerprint density at radius 1 is 1.03 bits per heavy atom. The van der Waals surface area contributed by atoms with E-state index < -0.39 is 11.9 Å². The van der Waals surface area contributed by atoms with Gasteiger partial charge in [0.25, 0.3) is 0 Å². The van der Waals surface area contributed by atoms with Crippen LogP contribution in [-0.2, 0) is 12.7 Å². The molecular weight excluding hydrogens is 391 g/mol. The van der Waals surface area contributed by atoms with Crippen molar-refractivity contribution in [2.45, 2.75) is 19.1 Å². The molecule has 4 rings (SSSR count). The third kappa shape index (κ3) is 4.41. The highest BCUT2D eigenvalue weighted by molar-refractivity contribution is 5.66. The Kier molecular flexibility index (Phi) is 5.63. The van der Waals surface area contributed by atoms with Gasteiger partial charge >= 0.3 is 6.18 Å². The lowest BCUT2D eigenvalue weighted by molar-refractivity contribution is -0.141. The second-order valence-corrected chi connectivity index (χ2v) is 7.22. The van der Waals surface area contributed by atoms with E-state index in [0.29, 0.717) is 30.1 Å². The van der Waals surface area contributed by atoms with Crippen molar-refractivity contribution in [1.82, 2.24) is 14.7 Å². The van der Waals surface area contributed by atoms with Gasteiger partial charge in [0.2, 0.25) is 0 Å². The quantitative estimate of drug-likeness (QED) is 0.577. The van der Waals surface area contributed by atoms with Crippen LogP contribution in [0.3, 0.4) is 0 Å². The van der Waals surface area contributed by atoms with Crippen LogP contribution in [-0.4, -0.2) is 34.9 Å². The average Bonchev–Trinajstić information content (AvgIpc) is 3.21. The van der Waals surface area contributed by atoms with Gasteiger partial charge in [-0.3, -0.25) is 4.90 Å². The number of rotatable bonds is 5. The van der Waals surface area contributed by atoms with Gasteiger partial charge in [-0.05, 0) is 47.9 Å². The fourth-order valence-electron chi connectivity index (χ4n) is 3.60. The van der Waals surface area contributed by atoms with Crippen LogP contribution in [0.15, 0.2) is 66.7 Å². The van der Waals surface area contributed by atoms with Gasteiger partial charge < -0.3 is 4.74 Å². The molecule has 0 saturated carbocycles. The molecule has 0 spiro atoms. The first-order chi connectivity index (χ1) is 14.4. The van der Waals surface area contributed by atoms with Gasteiger partial charge in [0.15, 0.2) is 5.69 Å². The molecule has 3 aromatic rings. The minimum atomic E-state index is -4.50. The third-order valence-corrected chi connectivity index (χ3v) is 5.19. The van der Waals surface area contributed by atoms with E-state index in [-0.39, 0.29) is 0 Å². The van der Waals surface area contributed by atoms with Crippen LogP contribution in [0, 0.1) is 0 Å². The molecule has 0 aliphatic carbocycles. The zero-order chi connectivity index (χ0) is 21.1. The summed E-state index contributed by atoms with van der Waals surface area (Å²) in [7, 11) is 1.55. The molecule has 1 aliphatic heterocycles. The van der Waals surface area contributed by atoms with Gasteiger partial charge in [0.05, 0.1) is 18.5 Å². The summed E-state index contributed by atoms with van der Waals surface area (Å²) >= 11 is 0. The van der Waals surface area contributed by atoms with E-state index in [2.05, 4.69) is 22.1 Å². The predicted octanol–water partition coefficient (Wildman–Crippen LogP) is 5.19. The SMILES string of the molecule is COc1ccc(-n2nc(C(F)(F)F)cc2C2=CCN(Cc3ccccc3)CC2)cc1. The summed E-state index contributed by atoms with van der Waals surface area (Å²) in [4.78, 5) is 2.28. The second kappa shape index (κ2) is 8.36. The molecule has 0 saturated heterocycles. The van der Waals surface area contributed by atoms with Crippen molar-refractivity contribution < 1.29 is 17.9 Å². The number of methoxy groups -OCH3 is 1. The maximum atomic E-state index is 13.4. The van der Waals surface area contributed by atoms with Crippen LogP contribution in [0.1, 0.15) is 23.4 Å². The van der Waals surface area contributed by atoms with Gasteiger partial charge in [-0.15, -0.1) is 0 Å². The molecule has 30 heavy (non-hydrogen) atoms. The second-order valence-electron chi connectivity index (χ2n) is 7.22. The van der Waals surface area contributed by atoms with Crippen molar-refractivity contribution in [2.24, 2.45) is 0 Å². The summed E-state index contributed by atoms with van der Waals surface area (Å²) in [5.74, 6) is 0.636. The topological polar surface area (TPSA) is 30.3 Å². The number of ether oxygens (including phenoxy) is 1. The summed E-state index contributed by atoms with van der Waals surface area (Å²) < 4.78 is 46.6. The standard InChI is InChI=1S/C23H22F3N3O/c1-30-20-9-7-19(8-10-20)29-21(15-22(27-29)23(24,25)26)18-11-13-28(14-12-18)16-17-5-3-2-4-6-17/h2-11,15H,12-14,16H2,1H3.